The lowest BCUT2D eigenvalue weighted by atomic mass is 10.1. The molecule has 0 aromatic heterocycles. The monoisotopic (exact) mass is 201 g/mol. The molecular weight excluding hydrogens is 182 g/mol. The second-order valence-electron chi connectivity index (χ2n) is 3.96. The molecule has 1 fully saturated rings. The lowest BCUT2D eigenvalue weighted by Gasteiger charge is -2.54. The van der Waals surface area contributed by atoms with E-state index >= 15 is 0 Å². The molecular formula is C10H19NO3. The highest BCUT2D eigenvalue weighted by Gasteiger charge is 2.41. The number of nitrogens with zero attached hydrogens (tertiary/aromatic N) is 1. The zero-order chi connectivity index (χ0) is 10.6. The number of hydrogen-bond acceptors (Lipinski definition) is 3. The van der Waals surface area contributed by atoms with Crippen LogP contribution in [0.25, 0.3) is 0 Å². The number of ether oxygens (including phenoxy) is 1. The van der Waals surface area contributed by atoms with Crippen LogP contribution in [0.1, 0.15) is 39.5 Å². The molecule has 0 aliphatic carbocycles. The molecule has 1 rings (SSSR count). The quantitative estimate of drug-likeness (QED) is 0.295. The van der Waals surface area contributed by atoms with Crippen LogP contribution in [-0.4, -0.2) is 29.9 Å². The van der Waals surface area contributed by atoms with Crippen molar-refractivity contribution in [2.24, 2.45) is 0 Å². The largest absolute Gasteiger partial charge is 0.630 e. The predicted octanol–water partition coefficient (Wildman–Crippen LogP) is 1.78. The molecule has 0 amide bonds. The number of quaternary nitrogens is 1. The fourth-order valence-electron chi connectivity index (χ4n) is 1.75. The zero-order valence-corrected chi connectivity index (χ0v) is 8.99. The highest BCUT2D eigenvalue weighted by atomic mass is 16.6. The minimum Gasteiger partial charge on any atom is -0.630 e. The van der Waals surface area contributed by atoms with Crippen molar-refractivity contribution in [1.29, 1.82) is 0 Å². The van der Waals surface area contributed by atoms with E-state index in [1.807, 2.05) is 0 Å². The molecule has 0 radical (unpaired) electrons. The molecule has 4 nitrogen and oxygen atoms in total. The molecule has 0 N–H and O–H groups in total. The molecule has 0 bridgehead atoms. The van der Waals surface area contributed by atoms with Crippen LogP contribution >= 0.6 is 0 Å². The Labute approximate surface area is 85.0 Å². The van der Waals surface area contributed by atoms with E-state index in [-0.39, 0.29) is 10.6 Å². The topological polar surface area (TPSA) is 49.4 Å². The maximum Gasteiger partial charge on any atom is 0.307 e. The van der Waals surface area contributed by atoms with E-state index in [4.69, 9.17) is 4.74 Å². The average Bonchev–Trinajstić information content (AvgIpc) is 2.13. The first-order valence-electron chi connectivity index (χ1n) is 5.33. The summed E-state index contributed by atoms with van der Waals surface area (Å²) in [6.45, 7) is 4.65. The van der Waals surface area contributed by atoms with Gasteiger partial charge in [-0.1, -0.05) is 13.3 Å². The van der Waals surface area contributed by atoms with E-state index in [9.17, 15) is 10.0 Å². The van der Waals surface area contributed by atoms with Crippen LogP contribution in [0.15, 0.2) is 0 Å². The molecule has 2 atom stereocenters. The van der Waals surface area contributed by atoms with Crippen LogP contribution in [-0.2, 0) is 9.53 Å². The van der Waals surface area contributed by atoms with Gasteiger partial charge in [0.2, 0.25) is 6.23 Å². The lowest BCUT2D eigenvalue weighted by Crippen LogP contribution is -2.62. The molecule has 1 saturated heterocycles. The van der Waals surface area contributed by atoms with Crippen LogP contribution in [0.4, 0.5) is 0 Å². The first-order valence-corrected chi connectivity index (χ1v) is 5.33. The van der Waals surface area contributed by atoms with Crippen LogP contribution < -0.4 is 0 Å². The van der Waals surface area contributed by atoms with Gasteiger partial charge in [0.15, 0.2) is 0 Å². The number of hydrogen-bond donors (Lipinski definition) is 0. The van der Waals surface area contributed by atoms with Gasteiger partial charge < -0.3 is 14.6 Å². The summed E-state index contributed by atoms with van der Waals surface area (Å²) < 4.78 is 4.63. The van der Waals surface area contributed by atoms with Crippen LogP contribution in [0.3, 0.4) is 0 Å². The second kappa shape index (κ2) is 4.75. The van der Waals surface area contributed by atoms with Gasteiger partial charge >= 0.3 is 5.97 Å². The van der Waals surface area contributed by atoms with Crippen molar-refractivity contribution in [3.8, 4) is 0 Å². The Morgan fingerprint density at radius 3 is 2.71 bits per heavy atom. The lowest BCUT2D eigenvalue weighted by molar-refractivity contribution is -0.967. The SMILES string of the molecule is CCCCC[N+]1([O-])CCC1OC(C)=O. The van der Waals surface area contributed by atoms with Crippen molar-refractivity contribution in [2.45, 2.75) is 45.8 Å². The van der Waals surface area contributed by atoms with E-state index in [0.29, 0.717) is 13.1 Å². The zero-order valence-electron chi connectivity index (χ0n) is 8.99. The van der Waals surface area contributed by atoms with Crippen molar-refractivity contribution < 1.29 is 14.2 Å². The predicted molar refractivity (Wildman–Crippen MR) is 53.1 cm³/mol. The van der Waals surface area contributed by atoms with Gasteiger partial charge in [0.1, 0.15) is 0 Å². The summed E-state index contributed by atoms with van der Waals surface area (Å²) in [5.74, 6) is -0.344. The van der Waals surface area contributed by atoms with Crippen molar-refractivity contribution in [3.05, 3.63) is 5.21 Å². The van der Waals surface area contributed by atoms with Gasteiger partial charge in [-0.15, -0.1) is 0 Å². The number of carbonyl (C=O) groups is 1. The van der Waals surface area contributed by atoms with Gasteiger partial charge in [-0.2, -0.15) is 0 Å². The average molecular weight is 201 g/mol. The number of esters is 1. The fourth-order valence-corrected chi connectivity index (χ4v) is 1.75. The molecule has 14 heavy (non-hydrogen) atoms. The number of rotatable bonds is 5. The van der Waals surface area contributed by atoms with E-state index in [1.54, 1.807) is 0 Å². The number of unbranched alkanes of at least 4 members (excludes halogenated alkanes) is 2. The second-order valence-corrected chi connectivity index (χ2v) is 3.96. The molecule has 1 heterocycles. The third kappa shape index (κ3) is 2.69. The molecule has 4 heteroatoms. The number of likely N-dealkylation sites (tertiary alicyclic amines) is 1. The van der Waals surface area contributed by atoms with Crippen LogP contribution in [0, 0.1) is 5.21 Å². The van der Waals surface area contributed by atoms with E-state index in [1.165, 1.54) is 6.92 Å². The van der Waals surface area contributed by atoms with Gasteiger partial charge in [0.25, 0.3) is 0 Å². The Kier molecular flexibility index (Phi) is 3.89. The van der Waals surface area contributed by atoms with Gasteiger partial charge in [-0.05, 0) is 12.8 Å². The Balaban J connectivity index is 2.30. The maximum absolute atomic E-state index is 12.0. The Morgan fingerprint density at radius 1 is 1.57 bits per heavy atom. The van der Waals surface area contributed by atoms with Gasteiger partial charge in [0, 0.05) is 6.92 Å². The minimum atomic E-state index is -0.427. The minimum absolute atomic E-state index is 0.320. The van der Waals surface area contributed by atoms with Gasteiger partial charge in [-0.3, -0.25) is 4.79 Å². The molecule has 0 saturated carbocycles. The van der Waals surface area contributed by atoms with E-state index < -0.39 is 6.23 Å². The third-order valence-corrected chi connectivity index (χ3v) is 2.72. The van der Waals surface area contributed by atoms with E-state index in [0.717, 1.165) is 25.7 Å². The molecule has 0 spiro atoms. The number of carbonyl (C=O) groups excluding carboxylic acids is 1. The summed E-state index contributed by atoms with van der Waals surface area (Å²) in [6.07, 6.45) is 3.41. The summed E-state index contributed by atoms with van der Waals surface area (Å²) in [4.78, 5) is 10.7. The molecule has 1 aliphatic rings. The van der Waals surface area contributed by atoms with Crippen molar-refractivity contribution >= 4 is 5.97 Å². The Bertz CT molecular complexity index is 208. The summed E-state index contributed by atoms with van der Waals surface area (Å²) in [7, 11) is 0. The standard InChI is InChI=1S/C10H19NO3/c1-3-4-5-7-11(13)8-6-10(11)14-9(2)12/h10H,3-8H2,1-2H3. The third-order valence-electron chi connectivity index (χ3n) is 2.72. The summed E-state index contributed by atoms with van der Waals surface area (Å²) >= 11 is 0. The summed E-state index contributed by atoms with van der Waals surface area (Å²) in [5.41, 5.74) is 0. The van der Waals surface area contributed by atoms with E-state index in [2.05, 4.69) is 6.92 Å². The van der Waals surface area contributed by atoms with Crippen LogP contribution in [0.5, 0.6) is 0 Å². The number of hydroxylamine groups is 3. The van der Waals surface area contributed by atoms with Crippen molar-refractivity contribution in [2.75, 3.05) is 13.1 Å². The summed E-state index contributed by atoms with van der Waals surface area (Å²) in [5, 5.41) is 12.0. The van der Waals surface area contributed by atoms with Crippen molar-refractivity contribution in [3.63, 3.8) is 0 Å². The molecule has 2 unspecified atom stereocenters. The molecule has 0 aromatic rings. The van der Waals surface area contributed by atoms with Crippen molar-refractivity contribution in [1.82, 2.24) is 0 Å². The molecule has 0 aromatic carbocycles. The first kappa shape index (κ1) is 11.5. The van der Waals surface area contributed by atoms with Crippen LogP contribution in [0.2, 0.25) is 0 Å². The Morgan fingerprint density at radius 2 is 2.29 bits per heavy atom. The van der Waals surface area contributed by atoms with Gasteiger partial charge in [-0.25, -0.2) is 0 Å². The molecule has 82 valence electrons. The van der Waals surface area contributed by atoms with Gasteiger partial charge in [0.05, 0.1) is 19.5 Å². The Hall–Kier alpha value is -0.610. The molecule has 1 aliphatic heterocycles. The highest BCUT2D eigenvalue weighted by molar-refractivity contribution is 5.66. The first-order chi connectivity index (χ1) is 6.58. The smallest absolute Gasteiger partial charge is 0.307 e. The summed E-state index contributed by atoms with van der Waals surface area (Å²) in [6, 6.07) is 0. The highest BCUT2D eigenvalue weighted by Crippen LogP contribution is 2.28. The maximum atomic E-state index is 12.0. The fraction of sp³-hybridized carbons (Fsp3) is 0.900. The normalized spacial score (nSPS) is 30.9.